The Bertz CT molecular complexity index is 430. The van der Waals surface area contributed by atoms with Gasteiger partial charge in [0, 0.05) is 31.8 Å². The van der Waals surface area contributed by atoms with Gasteiger partial charge in [-0.25, -0.2) is 4.39 Å². The number of ether oxygens (including phenoxy) is 2. The number of benzene rings is 1. The van der Waals surface area contributed by atoms with Gasteiger partial charge in [0.2, 0.25) is 0 Å². The first kappa shape index (κ1) is 16.0. The summed E-state index contributed by atoms with van der Waals surface area (Å²) in [5, 5.41) is 0.350. The molecular weight excluding hydrogens is 349 g/mol. The molecule has 1 heterocycles. The fourth-order valence-electron chi connectivity index (χ4n) is 2.31. The lowest BCUT2D eigenvalue weighted by molar-refractivity contribution is 0.0373. The maximum Gasteiger partial charge on any atom is 0.169 e. The van der Waals surface area contributed by atoms with E-state index in [1.54, 1.807) is 13.2 Å². The molecule has 1 saturated heterocycles. The molecule has 0 aromatic heterocycles. The number of halogens is 3. The minimum Gasteiger partial charge on any atom is -0.488 e. The Kier molecular flexibility index (Phi) is 6.08. The number of hydrogen-bond donors (Lipinski definition) is 0. The van der Waals surface area contributed by atoms with Crippen molar-refractivity contribution in [1.82, 2.24) is 4.90 Å². The molecule has 0 radical (unpaired) electrons. The molecule has 0 spiro atoms. The van der Waals surface area contributed by atoms with Crippen molar-refractivity contribution in [3.8, 4) is 5.75 Å². The van der Waals surface area contributed by atoms with E-state index in [-0.39, 0.29) is 5.75 Å². The van der Waals surface area contributed by atoms with Gasteiger partial charge in [-0.2, -0.15) is 0 Å². The first-order valence-corrected chi connectivity index (χ1v) is 7.79. The van der Waals surface area contributed by atoms with Gasteiger partial charge in [0.1, 0.15) is 6.61 Å². The predicted octanol–water partition coefficient (Wildman–Crippen LogP) is 3.73. The third-order valence-corrected chi connectivity index (χ3v) is 4.29. The van der Waals surface area contributed by atoms with Gasteiger partial charge in [-0.3, -0.25) is 4.90 Å². The number of methoxy groups -OCH3 is 1. The molecule has 112 valence electrons. The van der Waals surface area contributed by atoms with Crippen LogP contribution in [-0.4, -0.2) is 44.4 Å². The molecule has 1 aliphatic rings. The highest BCUT2D eigenvalue weighted by Gasteiger charge is 2.18. The van der Waals surface area contributed by atoms with Crippen molar-refractivity contribution in [3.05, 3.63) is 27.4 Å². The molecule has 3 nitrogen and oxygen atoms in total. The molecule has 0 saturated carbocycles. The largest absolute Gasteiger partial charge is 0.488 e. The number of piperidine rings is 1. The average Bonchev–Trinajstić information content (AvgIpc) is 2.42. The second-order valence-corrected chi connectivity index (χ2v) is 6.11. The van der Waals surface area contributed by atoms with Crippen molar-refractivity contribution < 1.29 is 13.9 Å². The van der Waals surface area contributed by atoms with Crippen LogP contribution in [-0.2, 0) is 4.74 Å². The molecule has 0 atom stereocenters. The Hall–Kier alpha value is -0.360. The summed E-state index contributed by atoms with van der Waals surface area (Å²) >= 11 is 9.02. The topological polar surface area (TPSA) is 21.7 Å². The zero-order valence-corrected chi connectivity index (χ0v) is 13.7. The molecule has 1 aromatic rings. The molecule has 0 bridgehead atoms. The third-order valence-electron chi connectivity index (χ3n) is 3.48. The molecule has 0 N–H and O–H groups in total. The van der Waals surface area contributed by atoms with Crippen LogP contribution in [0.4, 0.5) is 4.39 Å². The van der Waals surface area contributed by atoms with E-state index >= 15 is 0 Å². The van der Waals surface area contributed by atoms with Crippen LogP contribution in [0.3, 0.4) is 0 Å². The van der Waals surface area contributed by atoms with Crippen LogP contribution < -0.4 is 4.74 Å². The molecule has 20 heavy (non-hydrogen) atoms. The van der Waals surface area contributed by atoms with Crippen LogP contribution in [0.25, 0.3) is 0 Å². The highest BCUT2D eigenvalue weighted by atomic mass is 79.9. The lowest BCUT2D eigenvalue weighted by Gasteiger charge is -2.30. The maximum absolute atomic E-state index is 13.7. The number of nitrogens with zero attached hydrogens (tertiary/aromatic N) is 1. The highest BCUT2D eigenvalue weighted by Crippen LogP contribution is 2.31. The zero-order chi connectivity index (χ0) is 14.5. The molecule has 0 aliphatic carbocycles. The molecule has 6 heteroatoms. The molecular formula is C14H18BrClFNO2. The van der Waals surface area contributed by atoms with E-state index in [1.165, 1.54) is 6.07 Å². The Balaban J connectivity index is 1.79. The summed E-state index contributed by atoms with van der Waals surface area (Å²) in [5.74, 6) is -0.219. The molecule has 2 rings (SSSR count). The van der Waals surface area contributed by atoms with Crippen molar-refractivity contribution in [2.24, 2.45) is 0 Å². The predicted molar refractivity (Wildman–Crippen MR) is 81.1 cm³/mol. The number of likely N-dealkylation sites (tertiary alicyclic amines) is 1. The maximum atomic E-state index is 13.7. The summed E-state index contributed by atoms with van der Waals surface area (Å²) < 4.78 is 25.1. The minimum absolute atomic E-state index is 0.223. The SMILES string of the molecule is COC1CCN(CCOc2c(F)cc(Cl)cc2Br)CC1. The monoisotopic (exact) mass is 365 g/mol. The first-order valence-electron chi connectivity index (χ1n) is 6.62. The lowest BCUT2D eigenvalue weighted by atomic mass is 10.1. The van der Waals surface area contributed by atoms with E-state index in [0.717, 1.165) is 32.5 Å². The van der Waals surface area contributed by atoms with Crippen LogP contribution in [0.1, 0.15) is 12.8 Å². The molecule has 0 amide bonds. The summed E-state index contributed by atoms with van der Waals surface area (Å²) in [5.41, 5.74) is 0. The highest BCUT2D eigenvalue weighted by molar-refractivity contribution is 9.10. The van der Waals surface area contributed by atoms with Gasteiger partial charge >= 0.3 is 0 Å². The van der Waals surface area contributed by atoms with Gasteiger partial charge in [-0.05, 0) is 40.9 Å². The van der Waals surface area contributed by atoms with Crippen LogP contribution >= 0.6 is 27.5 Å². The van der Waals surface area contributed by atoms with Gasteiger partial charge in [-0.1, -0.05) is 11.6 Å². The summed E-state index contributed by atoms with van der Waals surface area (Å²) in [6.45, 7) is 3.22. The summed E-state index contributed by atoms with van der Waals surface area (Å²) in [4.78, 5) is 2.30. The van der Waals surface area contributed by atoms with Crippen molar-refractivity contribution in [1.29, 1.82) is 0 Å². The summed E-state index contributed by atoms with van der Waals surface area (Å²) in [7, 11) is 1.75. The van der Waals surface area contributed by atoms with Gasteiger partial charge in [0.05, 0.1) is 10.6 Å². The molecule has 0 unspecified atom stereocenters. The van der Waals surface area contributed by atoms with Crippen molar-refractivity contribution in [3.63, 3.8) is 0 Å². The quantitative estimate of drug-likeness (QED) is 0.792. The average molecular weight is 367 g/mol. The van der Waals surface area contributed by atoms with Crippen molar-refractivity contribution in [2.45, 2.75) is 18.9 Å². The van der Waals surface area contributed by atoms with E-state index in [0.29, 0.717) is 22.2 Å². The second-order valence-electron chi connectivity index (χ2n) is 4.82. The van der Waals surface area contributed by atoms with Crippen LogP contribution in [0.5, 0.6) is 5.75 Å². The van der Waals surface area contributed by atoms with Crippen LogP contribution in [0.2, 0.25) is 5.02 Å². The smallest absolute Gasteiger partial charge is 0.169 e. The third kappa shape index (κ3) is 4.32. The molecule has 1 fully saturated rings. The first-order chi connectivity index (χ1) is 9.60. The lowest BCUT2D eigenvalue weighted by Crippen LogP contribution is -2.38. The van der Waals surface area contributed by atoms with Crippen LogP contribution in [0.15, 0.2) is 16.6 Å². The number of hydrogen-bond acceptors (Lipinski definition) is 3. The van der Waals surface area contributed by atoms with Crippen molar-refractivity contribution >= 4 is 27.5 Å². The van der Waals surface area contributed by atoms with Gasteiger partial charge in [0.15, 0.2) is 11.6 Å². The normalized spacial score (nSPS) is 17.4. The van der Waals surface area contributed by atoms with E-state index in [2.05, 4.69) is 20.8 Å². The van der Waals surface area contributed by atoms with E-state index in [4.69, 9.17) is 21.1 Å². The van der Waals surface area contributed by atoms with E-state index in [9.17, 15) is 4.39 Å². The van der Waals surface area contributed by atoms with Gasteiger partial charge in [-0.15, -0.1) is 0 Å². The van der Waals surface area contributed by atoms with Gasteiger partial charge < -0.3 is 9.47 Å². The van der Waals surface area contributed by atoms with Crippen LogP contribution in [0, 0.1) is 5.82 Å². The Morgan fingerprint density at radius 1 is 1.40 bits per heavy atom. The Morgan fingerprint density at radius 2 is 2.10 bits per heavy atom. The minimum atomic E-state index is -0.442. The Morgan fingerprint density at radius 3 is 2.70 bits per heavy atom. The molecule has 1 aliphatic heterocycles. The molecule has 1 aromatic carbocycles. The summed E-state index contributed by atoms with van der Waals surface area (Å²) in [6.07, 6.45) is 2.44. The van der Waals surface area contributed by atoms with Crippen molar-refractivity contribution in [2.75, 3.05) is 33.4 Å². The summed E-state index contributed by atoms with van der Waals surface area (Å²) in [6, 6.07) is 2.88. The second kappa shape index (κ2) is 7.59. The standard InChI is InChI=1S/C14H18BrClFNO2/c1-19-11-2-4-18(5-3-11)6-7-20-14-12(15)8-10(16)9-13(14)17/h8-9,11H,2-7H2,1H3. The number of rotatable bonds is 5. The fourth-order valence-corrected chi connectivity index (χ4v) is 3.20. The fraction of sp³-hybridized carbons (Fsp3) is 0.571. The Labute approximate surface area is 132 Å². The van der Waals surface area contributed by atoms with E-state index < -0.39 is 5.82 Å². The van der Waals surface area contributed by atoms with E-state index in [1.807, 2.05) is 0 Å². The zero-order valence-electron chi connectivity index (χ0n) is 11.4. The van der Waals surface area contributed by atoms with Gasteiger partial charge in [0.25, 0.3) is 0 Å².